The third kappa shape index (κ3) is 4.38. The molecule has 0 aliphatic rings. The molecule has 0 saturated carbocycles. The summed E-state index contributed by atoms with van der Waals surface area (Å²) in [4.78, 5) is 30.0. The van der Waals surface area contributed by atoms with Gasteiger partial charge in [0.05, 0.1) is 6.42 Å². The topological polar surface area (TPSA) is 109 Å². The van der Waals surface area contributed by atoms with Crippen LogP contribution < -0.4 is 10.6 Å². The van der Waals surface area contributed by atoms with Gasteiger partial charge in [-0.15, -0.1) is 0 Å². The highest BCUT2D eigenvalue weighted by Crippen LogP contribution is 2.28. The van der Waals surface area contributed by atoms with Crippen LogP contribution in [0.15, 0.2) is 6.07 Å². The lowest BCUT2D eigenvalue weighted by Crippen LogP contribution is -2.38. The van der Waals surface area contributed by atoms with Crippen molar-refractivity contribution < 1.29 is 27.9 Å². The van der Waals surface area contributed by atoms with Gasteiger partial charge in [0.1, 0.15) is 11.7 Å². The van der Waals surface area contributed by atoms with Crippen LogP contribution in [0.5, 0.6) is 0 Å². The molecule has 1 aromatic heterocycles. The summed E-state index contributed by atoms with van der Waals surface area (Å²) in [5.41, 5.74) is 4.03. The van der Waals surface area contributed by atoms with Gasteiger partial charge in [-0.2, -0.15) is 13.2 Å². The number of aliphatic carboxylic acids is 1. The number of aryl methyl sites for hydroxylation is 1. The summed E-state index contributed by atoms with van der Waals surface area (Å²) in [5.74, 6) is -2.66. The number of carbonyl (C=O) groups is 2. The van der Waals surface area contributed by atoms with Gasteiger partial charge in [0, 0.05) is 12.7 Å². The second-order valence-electron chi connectivity index (χ2n) is 4.29. The maximum Gasteiger partial charge on any atom is 0.433 e. The lowest BCUT2D eigenvalue weighted by molar-refractivity contribution is -0.141. The molecule has 0 saturated heterocycles. The largest absolute Gasteiger partial charge is 0.480 e. The van der Waals surface area contributed by atoms with Crippen molar-refractivity contribution in [2.45, 2.75) is 25.6 Å². The average molecular weight is 306 g/mol. The molecule has 116 valence electrons. The predicted molar refractivity (Wildman–Crippen MR) is 65.4 cm³/mol. The summed E-state index contributed by atoms with van der Waals surface area (Å²) in [6, 6.07) is -0.711. The molecule has 1 aromatic rings. The SMILES string of the molecule is Cc1cc(C(F)(F)F)nc(N(C)C(=O)CC(N)C(=O)O)n1. The molecule has 0 fully saturated rings. The lowest BCUT2D eigenvalue weighted by Gasteiger charge is -2.18. The van der Waals surface area contributed by atoms with Gasteiger partial charge in [-0.25, -0.2) is 9.97 Å². The minimum atomic E-state index is -4.68. The maximum absolute atomic E-state index is 12.6. The van der Waals surface area contributed by atoms with Gasteiger partial charge in [-0.05, 0) is 13.0 Å². The van der Waals surface area contributed by atoms with Crippen molar-refractivity contribution in [1.82, 2.24) is 9.97 Å². The zero-order valence-corrected chi connectivity index (χ0v) is 11.2. The monoisotopic (exact) mass is 306 g/mol. The van der Waals surface area contributed by atoms with Crippen molar-refractivity contribution >= 4 is 17.8 Å². The third-order valence-electron chi connectivity index (χ3n) is 2.52. The molecule has 0 bridgehead atoms. The van der Waals surface area contributed by atoms with Crippen LogP contribution in [0.1, 0.15) is 17.8 Å². The van der Waals surface area contributed by atoms with Gasteiger partial charge in [0.15, 0.2) is 0 Å². The first-order valence-electron chi connectivity index (χ1n) is 5.70. The molecule has 1 amide bonds. The van der Waals surface area contributed by atoms with Crippen LogP contribution in [-0.4, -0.2) is 40.0 Å². The fourth-order valence-electron chi connectivity index (χ4n) is 1.37. The number of carboxylic acids is 1. The molecule has 0 aromatic carbocycles. The summed E-state index contributed by atoms with van der Waals surface area (Å²) in [6.07, 6.45) is -5.26. The van der Waals surface area contributed by atoms with E-state index >= 15 is 0 Å². The average Bonchev–Trinajstić information content (AvgIpc) is 2.35. The molecule has 1 heterocycles. The van der Waals surface area contributed by atoms with Gasteiger partial charge in [0.25, 0.3) is 0 Å². The first-order valence-corrected chi connectivity index (χ1v) is 5.70. The minimum Gasteiger partial charge on any atom is -0.480 e. The molecule has 0 aliphatic carbocycles. The predicted octanol–water partition coefficient (Wildman–Crippen LogP) is 0.569. The van der Waals surface area contributed by atoms with Crippen LogP contribution in [-0.2, 0) is 15.8 Å². The normalized spacial score (nSPS) is 12.9. The van der Waals surface area contributed by atoms with E-state index in [0.29, 0.717) is 0 Å². The highest BCUT2D eigenvalue weighted by Gasteiger charge is 2.34. The summed E-state index contributed by atoms with van der Waals surface area (Å²) < 4.78 is 37.9. The van der Waals surface area contributed by atoms with Gasteiger partial charge < -0.3 is 10.8 Å². The van der Waals surface area contributed by atoms with Gasteiger partial charge in [-0.1, -0.05) is 0 Å². The maximum atomic E-state index is 12.6. The fraction of sp³-hybridized carbons (Fsp3) is 0.455. The Labute approximate surface area is 117 Å². The third-order valence-corrected chi connectivity index (χ3v) is 2.52. The molecule has 1 rings (SSSR count). The van der Waals surface area contributed by atoms with E-state index in [1.165, 1.54) is 6.92 Å². The summed E-state index contributed by atoms with van der Waals surface area (Å²) in [6.45, 7) is 1.32. The second-order valence-corrected chi connectivity index (χ2v) is 4.29. The molecular weight excluding hydrogens is 293 g/mol. The number of halogens is 3. The molecule has 0 aliphatic heterocycles. The molecule has 21 heavy (non-hydrogen) atoms. The summed E-state index contributed by atoms with van der Waals surface area (Å²) in [7, 11) is 1.14. The molecule has 0 spiro atoms. The molecule has 1 atom stereocenters. The fourth-order valence-corrected chi connectivity index (χ4v) is 1.37. The summed E-state index contributed by atoms with van der Waals surface area (Å²) in [5, 5.41) is 8.60. The zero-order valence-electron chi connectivity index (χ0n) is 11.2. The smallest absolute Gasteiger partial charge is 0.433 e. The Bertz CT molecular complexity index is 562. The van der Waals surface area contributed by atoms with Gasteiger partial charge >= 0.3 is 12.1 Å². The van der Waals surface area contributed by atoms with Crippen molar-refractivity contribution in [3.8, 4) is 0 Å². The Morgan fingerprint density at radius 2 is 2.00 bits per heavy atom. The molecule has 1 unspecified atom stereocenters. The van der Waals surface area contributed by atoms with Crippen molar-refractivity contribution in [3.63, 3.8) is 0 Å². The number of amides is 1. The van der Waals surface area contributed by atoms with Crippen LogP contribution in [0, 0.1) is 6.92 Å². The molecule has 3 N–H and O–H groups in total. The van der Waals surface area contributed by atoms with E-state index in [9.17, 15) is 22.8 Å². The Balaban J connectivity index is 3.02. The van der Waals surface area contributed by atoms with E-state index in [1.807, 2.05) is 0 Å². The van der Waals surface area contributed by atoms with Crippen LogP contribution in [0.25, 0.3) is 0 Å². The van der Waals surface area contributed by atoms with Crippen LogP contribution in [0.3, 0.4) is 0 Å². The molecule has 7 nitrogen and oxygen atoms in total. The number of carbonyl (C=O) groups excluding carboxylic acids is 1. The number of carboxylic acid groups (broad SMARTS) is 1. The lowest BCUT2D eigenvalue weighted by atomic mass is 10.2. The minimum absolute atomic E-state index is 0.0227. The summed E-state index contributed by atoms with van der Waals surface area (Å²) >= 11 is 0. The van der Waals surface area contributed by atoms with E-state index in [4.69, 9.17) is 10.8 Å². The van der Waals surface area contributed by atoms with E-state index in [1.54, 1.807) is 0 Å². The highest BCUT2D eigenvalue weighted by atomic mass is 19.4. The van der Waals surface area contributed by atoms with Crippen molar-refractivity contribution in [1.29, 1.82) is 0 Å². The van der Waals surface area contributed by atoms with Gasteiger partial charge in [-0.3, -0.25) is 14.5 Å². The first kappa shape index (κ1) is 16.8. The zero-order chi connectivity index (χ0) is 16.4. The molecule has 10 heteroatoms. The van der Waals surface area contributed by atoms with E-state index in [0.717, 1.165) is 18.0 Å². The number of nitrogens with zero attached hydrogens (tertiary/aromatic N) is 3. The number of hydrogen-bond acceptors (Lipinski definition) is 5. The first-order chi connectivity index (χ1) is 9.52. The van der Waals surface area contributed by atoms with Gasteiger partial charge in [0.2, 0.25) is 11.9 Å². The van der Waals surface area contributed by atoms with Crippen LogP contribution >= 0.6 is 0 Å². The van der Waals surface area contributed by atoms with E-state index in [-0.39, 0.29) is 5.69 Å². The molecular formula is C11H13F3N4O3. The number of nitrogens with two attached hydrogens (primary N) is 1. The Morgan fingerprint density at radius 3 is 2.48 bits per heavy atom. The second kappa shape index (κ2) is 6.04. The molecule has 0 radical (unpaired) electrons. The number of alkyl halides is 3. The Hall–Kier alpha value is -2.23. The van der Waals surface area contributed by atoms with Crippen LogP contribution in [0.4, 0.5) is 19.1 Å². The standard InChI is InChI=1S/C11H13F3N4O3/c1-5-3-7(11(12,13)14)17-10(16-5)18(2)8(19)4-6(15)9(20)21/h3,6H,4,15H2,1-2H3,(H,20,21). The van der Waals surface area contributed by atoms with Crippen LogP contribution in [0.2, 0.25) is 0 Å². The van der Waals surface area contributed by atoms with Crippen molar-refractivity contribution in [3.05, 3.63) is 17.5 Å². The number of rotatable bonds is 4. The van der Waals surface area contributed by atoms with Crippen molar-refractivity contribution in [2.75, 3.05) is 11.9 Å². The number of hydrogen-bond donors (Lipinski definition) is 2. The Morgan fingerprint density at radius 1 is 1.43 bits per heavy atom. The van der Waals surface area contributed by atoms with E-state index < -0.39 is 42.2 Å². The van der Waals surface area contributed by atoms with Crippen molar-refractivity contribution in [2.24, 2.45) is 5.73 Å². The number of anilines is 1. The number of aromatic nitrogens is 2. The van der Waals surface area contributed by atoms with E-state index in [2.05, 4.69) is 9.97 Å². The Kier molecular flexibility index (Phi) is 4.84. The quantitative estimate of drug-likeness (QED) is 0.841. The highest BCUT2D eigenvalue weighted by molar-refractivity contribution is 5.94.